The number of halogens is 1. The van der Waals surface area contributed by atoms with Crippen LogP contribution in [0.4, 0.5) is 10.1 Å². The number of hydrogen-bond donors (Lipinski definition) is 0. The Bertz CT molecular complexity index is 623. The van der Waals surface area contributed by atoms with Crippen molar-refractivity contribution in [1.29, 1.82) is 0 Å². The third-order valence-corrected chi connectivity index (χ3v) is 6.17. The van der Waals surface area contributed by atoms with E-state index in [0.29, 0.717) is 11.9 Å². The first-order valence-electron chi connectivity index (χ1n) is 9.82. The number of benzene rings is 1. The summed E-state index contributed by atoms with van der Waals surface area (Å²) in [5, 5.41) is 0. The average molecular weight is 360 g/mol. The monoisotopic (exact) mass is 360 g/mol. The molecule has 3 aliphatic rings. The second kappa shape index (κ2) is 7.53. The van der Waals surface area contributed by atoms with Gasteiger partial charge in [-0.2, -0.15) is 0 Å². The van der Waals surface area contributed by atoms with E-state index in [0.717, 1.165) is 70.9 Å². The summed E-state index contributed by atoms with van der Waals surface area (Å²) in [5.41, 5.74) is 1.10. The fourth-order valence-corrected chi connectivity index (χ4v) is 4.49. The molecule has 142 valence electrons. The van der Waals surface area contributed by atoms with Crippen molar-refractivity contribution in [1.82, 2.24) is 14.7 Å². The van der Waals surface area contributed by atoms with E-state index in [-0.39, 0.29) is 11.7 Å². The highest BCUT2D eigenvalue weighted by molar-refractivity contribution is 5.80. The maximum Gasteiger partial charge on any atom is 0.227 e. The van der Waals surface area contributed by atoms with Crippen molar-refractivity contribution in [3.8, 4) is 0 Å². The molecule has 3 fully saturated rings. The molecule has 0 aliphatic carbocycles. The Hall–Kier alpha value is -1.66. The van der Waals surface area contributed by atoms with Gasteiger partial charge in [-0.15, -0.1) is 0 Å². The van der Waals surface area contributed by atoms with Crippen LogP contribution in [-0.4, -0.2) is 86.1 Å². The number of nitrogens with zero attached hydrogens (tertiary/aromatic N) is 4. The molecular formula is C20H29FN4O. The molecular weight excluding hydrogens is 331 g/mol. The van der Waals surface area contributed by atoms with E-state index >= 15 is 0 Å². The molecule has 1 atom stereocenters. The van der Waals surface area contributed by atoms with E-state index < -0.39 is 0 Å². The molecule has 1 unspecified atom stereocenters. The predicted molar refractivity (Wildman–Crippen MR) is 101 cm³/mol. The summed E-state index contributed by atoms with van der Waals surface area (Å²) in [5.74, 6) is 0.374. The fraction of sp³-hybridized carbons (Fsp3) is 0.650. The first kappa shape index (κ1) is 17.7. The molecule has 1 aromatic rings. The summed E-state index contributed by atoms with van der Waals surface area (Å²) in [6.07, 6.45) is 2.18. The number of rotatable bonds is 3. The van der Waals surface area contributed by atoms with Gasteiger partial charge in [0, 0.05) is 57.5 Å². The average Bonchev–Trinajstić information content (AvgIpc) is 2.62. The van der Waals surface area contributed by atoms with Crippen molar-refractivity contribution in [2.24, 2.45) is 5.92 Å². The van der Waals surface area contributed by atoms with E-state index in [1.165, 1.54) is 12.1 Å². The first-order valence-corrected chi connectivity index (χ1v) is 9.82. The number of hydrogen-bond acceptors (Lipinski definition) is 4. The Morgan fingerprint density at radius 1 is 1.00 bits per heavy atom. The minimum absolute atomic E-state index is 0.184. The van der Waals surface area contributed by atoms with Gasteiger partial charge in [-0.05, 0) is 50.7 Å². The SMILES string of the molecule is CN1CCCC(C(=O)N2CC(N3CCN(c4ccc(F)cc4)CC3)C2)C1. The van der Waals surface area contributed by atoms with Crippen molar-refractivity contribution in [2.45, 2.75) is 18.9 Å². The van der Waals surface area contributed by atoms with Crippen molar-refractivity contribution >= 4 is 11.6 Å². The second-order valence-corrected chi connectivity index (χ2v) is 8.00. The lowest BCUT2D eigenvalue weighted by atomic mass is 9.94. The molecule has 0 bridgehead atoms. The van der Waals surface area contributed by atoms with E-state index in [1.807, 2.05) is 12.1 Å². The molecule has 0 saturated carbocycles. The van der Waals surface area contributed by atoms with E-state index in [1.54, 1.807) is 0 Å². The Kier molecular flexibility index (Phi) is 5.14. The van der Waals surface area contributed by atoms with E-state index in [2.05, 4.69) is 26.6 Å². The Morgan fingerprint density at radius 3 is 2.35 bits per heavy atom. The molecule has 4 rings (SSSR count). The molecule has 1 aromatic carbocycles. The summed E-state index contributed by atoms with van der Waals surface area (Å²) in [4.78, 5) is 21.8. The molecule has 3 heterocycles. The maximum atomic E-state index is 13.1. The lowest BCUT2D eigenvalue weighted by Gasteiger charge is -2.49. The Balaban J connectivity index is 1.23. The Morgan fingerprint density at radius 2 is 1.69 bits per heavy atom. The van der Waals surface area contributed by atoms with E-state index in [9.17, 15) is 9.18 Å². The smallest absolute Gasteiger partial charge is 0.227 e. The first-order chi connectivity index (χ1) is 12.6. The highest BCUT2D eigenvalue weighted by Gasteiger charge is 2.39. The van der Waals surface area contributed by atoms with E-state index in [4.69, 9.17) is 0 Å². The number of piperidine rings is 1. The zero-order valence-corrected chi connectivity index (χ0v) is 15.6. The van der Waals surface area contributed by atoms with Crippen molar-refractivity contribution in [2.75, 3.05) is 64.3 Å². The normalized spacial score (nSPS) is 26.0. The molecule has 0 aromatic heterocycles. The van der Waals surface area contributed by atoms with Crippen LogP contribution >= 0.6 is 0 Å². The molecule has 3 aliphatic heterocycles. The van der Waals surface area contributed by atoms with Gasteiger partial charge in [0.25, 0.3) is 0 Å². The van der Waals surface area contributed by atoms with Gasteiger partial charge in [-0.3, -0.25) is 9.69 Å². The van der Waals surface area contributed by atoms with Crippen LogP contribution in [0.1, 0.15) is 12.8 Å². The summed E-state index contributed by atoms with van der Waals surface area (Å²) in [7, 11) is 2.11. The minimum atomic E-state index is -0.184. The number of likely N-dealkylation sites (tertiary alicyclic amines) is 2. The second-order valence-electron chi connectivity index (χ2n) is 8.00. The van der Waals surface area contributed by atoms with Crippen LogP contribution in [0.3, 0.4) is 0 Å². The predicted octanol–water partition coefficient (Wildman–Crippen LogP) is 1.50. The molecule has 0 N–H and O–H groups in total. The van der Waals surface area contributed by atoms with Crippen LogP contribution in [-0.2, 0) is 4.79 Å². The van der Waals surface area contributed by atoms with Crippen molar-refractivity contribution < 1.29 is 9.18 Å². The van der Waals surface area contributed by atoms with Crippen LogP contribution in [0, 0.1) is 11.7 Å². The van der Waals surface area contributed by atoms with Crippen molar-refractivity contribution in [3.05, 3.63) is 30.1 Å². The zero-order valence-electron chi connectivity index (χ0n) is 15.6. The van der Waals surface area contributed by atoms with Gasteiger partial charge in [0.2, 0.25) is 5.91 Å². The standard InChI is InChI=1S/C20H29FN4O/c1-22-8-2-3-16(13-22)20(26)25-14-19(15-25)24-11-9-23(10-12-24)18-6-4-17(21)5-7-18/h4-7,16,19H,2-3,8-15H2,1H3. The maximum absolute atomic E-state index is 13.1. The third-order valence-electron chi connectivity index (χ3n) is 6.17. The molecule has 3 saturated heterocycles. The summed E-state index contributed by atoms with van der Waals surface area (Å²) in [6.45, 7) is 7.74. The topological polar surface area (TPSA) is 30.0 Å². The largest absolute Gasteiger partial charge is 0.369 e. The van der Waals surface area contributed by atoms with Crippen LogP contribution in [0.25, 0.3) is 0 Å². The Labute approximate surface area is 155 Å². The van der Waals surface area contributed by atoms with Gasteiger partial charge >= 0.3 is 0 Å². The van der Waals surface area contributed by atoms with Gasteiger partial charge in [0.05, 0.1) is 5.92 Å². The summed E-state index contributed by atoms with van der Waals surface area (Å²) < 4.78 is 13.1. The summed E-state index contributed by atoms with van der Waals surface area (Å²) in [6, 6.07) is 7.28. The molecule has 0 spiro atoms. The number of anilines is 1. The van der Waals surface area contributed by atoms with Crippen molar-refractivity contribution in [3.63, 3.8) is 0 Å². The highest BCUT2D eigenvalue weighted by Crippen LogP contribution is 2.24. The quantitative estimate of drug-likeness (QED) is 0.817. The number of carbonyl (C=O) groups excluding carboxylic acids is 1. The van der Waals surface area contributed by atoms with Gasteiger partial charge in [0.1, 0.15) is 5.82 Å². The lowest BCUT2D eigenvalue weighted by Crippen LogP contribution is -2.65. The number of piperazine rings is 1. The number of amides is 1. The highest BCUT2D eigenvalue weighted by atomic mass is 19.1. The minimum Gasteiger partial charge on any atom is -0.369 e. The third kappa shape index (κ3) is 3.71. The van der Waals surface area contributed by atoms with Crippen LogP contribution in [0.15, 0.2) is 24.3 Å². The summed E-state index contributed by atoms with van der Waals surface area (Å²) >= 11 is 0. The molecule has 1 amide bonds. The molecule has 5 nitrogen and oxygen atoms in total. The molecule has 6 heteroatoms. The zero-order chi connectivity index (χ0) is 18.1. The van der Waals surface area contributed by atoms with Gasteiger partial charge in [0.15, 0.2) is 0 Å². The molecule has 26 heavy (non-hydrogen) atoms. The van der Waals surface area contributed by atoms with Gasteiger partial charge in [-0.25, -0.2) is 4.39 Å². The lowest BCUT2D eigenvalue weighted by molar-refractivity contribution is -0.144. The fourth-order valence-electron chi connectivity index (χ4n) is 4.49. The van der Waals surface area contributed by atoms with Gasteiger partial charge in [-0.1, -0.05) is 0 Å². The molecule has 0 radical (unpaired) electrons. The van der Waals surface area contributed by atoms with Crippen LogP contribution in [0.5, 0.6) is 0 Å². The van der Waals surface area contributed by atoms with Crippen LogP contribution < -0.4 is 4.90 Å². The number of carbonyl (C=O) groups is 1. The van der Waals surface area contributed by atoms with Gasteiger partial charge < -0.3 is 14.7 Å². The van der Waals surface area contributed by atoms with Crippen LogP contribution in [0.2, 0.25) is 0 Å².